The molecule has 3 aliphatic rings. The number of rotatable bonds is 15. The van der Waals surface area contributed by atoms with Crippen LogP contribution in [-0.2, 0) is 74.2 Å². The van der Waals surface area contributed by atoms with Crippen LogP contribution in [0.5, 0.6) is 23.5 Å². The average Bonchev–Trinajstić information content (AvgIpc) is 1.06. The number of nitrogens with zero attached hydrogens (tertiary/aromatic N) is 13. The van der Waals surface area contributed by atoms with Crippen molar-refractivity contribution in [3.63, 3.8) is 0 Å². The molecule has 86 heavy (non-hydrogen) atoms. The summed E-state index contributed by atoms with van der Waals surface area (Å²) >= 11 is 0. The highest BCUT2D eigenvalue weighted by Crippen LogP contribution is 2.44. The quantitative estimate of drug-likeness (QED) is 0.0940. The summed E-state index contributed by atoms with van der Waals surface area (Å²) in [6, 6.07) is 41.8. The minimum Gasteiger partial charge on any atom is -0.479 e. The molecule has 12 rings (SSSR count). The summed E-state index contributed by atoms with van der Waals surface area (Å²) in [6.45, 7) is 6.62. The van der Waals surface area contributed by atoms with E-state index in [1.54, 1.807) is 45.9 Å². The van der Waals surface area contributed by atoms with Gasteiger partial charge in [0.1, 0.15) is 25.6 Å². The molecule has 0 radical (unpaired) electrons. The average molecular weight is 1180 g/mol. The van der Waals surface area contributed by atoms with Crippen LogP contribution in [0.2, 0.25) is 0 Å². The summed E-state index contributed by atoms with van der Waals surface area (Å²) in [5, 5.41) is 13.3. The van der Waals surface area contributed by atoms with Crippen LogP contribution < -0.4 is 18.9 Å². The van der Waals surface area contributed by atoms with Gasteiger partial charge in [-0.1, -0.05) is 129 Å². The summed E-state index contributed by atoms with van der Waals surface area (Å²) in [4.78, 5) is 59.7. The third-order valence-electron chi connectivity index (χ3n) is 14.2. The lowest BCUT2D eigenvalue weighted by Gasteiger charge is -2.39. The van der Waals surface area contributed by atoms with Gasteiger partial charge >= 0.3 is 6.18 Å². The smallest absolute Gasteiger partial charge is 0.430 e. The Hall–Kier alpha value is -9.97. The second-order valence-corrected chi connectivity index (χ2v) is 19.8. The van der Waals surface area contributed by atoms with Crippen LogP contribution in [-0.4, -0.2) is 122 Å². The van der Waals surface area contributed by atoms with E-state index in [0.29, 0.717) is 93.8 Å². The fraction of sp³-hybridized carbons (Fsp3) is 0.290. The maximum atomic E-state index is 14.2. The minimum absolute atomic E-state index is 0. The van der Waals surface area contributed by atoms with Crippen molar-refractivity contribution in [1.82, 2.24) is 64.0 Å². The molecule has 0 N–H and O–H groups in total. The predicted molar refractivity (Wildman–Crippen MR) is 307 cm³/mol. The first kappa shape index (κ1) is 60.6. The van der Waals surface area contributed by atoms with Crippen molar-refractivity contribution >= 4 is 17.7 Å². The number of ether oxygens (including phenoxy) is 5. The number of carbonyl (C=O) groups excluding carboxylic acids is 3. The molecule has 9 aromatic rings. The van der Waals surface area contributed by atoms with E-state index in [1.165, 1.54) is 43.8 Å². The predicted octanol–water partition coefficient (Wildman–Crippen LogP) is 8.68. The number of hydrogen-bond donors (Lipinski definition) is 0. The van der Waals surface area contributed by atoms with E-state index >= 15 is 0 Å². The van der Waals surface area contributed by atoms with Crippen LogP contribution >= 0.6 is 0 Å². The van der Waals surface area contributed by atoms with Gasteiger partial charge in [0.15, 0.2) is 5.69 Å². The van der Waals surface area contributed by atoms with E-state index in [1.807, 2.05) is 112 Å². The zero-order valence-electron chi connectivity index (χ0n) is 46.8. The lowest BCUT2D eigenvalue weighted by Crippen LogP contribution is -2.57. The molecule has 1 atom stereocenters. The summed E-state index contributed by atoms with van der Waals surface area (Å²) in [5.74, 6) is 0.945. The molecule has 0 fully saturated rings. The minimum atomic E-state index is -4.94. The number of aryl methyl sites for hydroxylation is 1. The number of fused-ring (bicyclic) bond motifs is 3. The Balaban J connectivity index is 0.000000154. The molecule has 21 nitrogen and oxygen atoms in total. The second-order valence-electron chi connectivity index (χ2n) is 19.8. The van der Waals surface area contributed by atoms with Gasteiger partial charge in [-0.3, -0.25) is 28.4 Å². The Kier molecular flexibility index (Phi) is 19.5. The lowest BCUT2D eigenvalue weighted by atomic mass is 9.90. The molecule has 0 saturated heterocycles. The van der Waals surface area contributed by atoms with Crippen LogP contribution in [0.3, 0.4) is 0 Å². The molecule has 446 valence electrons. The summed E-state index contributed by atoms with van der Waals surface area (Å²) < 4.78 is 75.4. The number of alkyl halides is 3. The van der Waals surface area contributed by atoms with Crippen molar-refractivity contribution in [3.05, 3.63) is 221 Å². The highest BCUT2D eigenvalue weighted by atomic mass is 19.4. The normalized spacial score (nSPS) is 14.0. The molecular weight excluding hydrogens is 1110 g/mol. The summed E-state index contributed by atoms with van der Waals surface area (Å²) in [5.41, 5.74) is 2.99. The number of benzene rings is 4. The molecule has 0 unspecified atom stereocenters. The van der Waals surface area contributed by atoms with Crippen LogP contribution in [0.15, 0.2) is 164 Å². The Morgan fingerprint density at radius 2 is 0.907 bits per heavy atom. The monoisotopic (exact) mass is 1180 g/mol. The van der Waals surface area contributed by atoms with E-state index in [0.717, 1.165) is 40.1 Å². The van der Waals surface area contributed by atoms with Gasteiger partial charge in [0.25, 0.3) is 23.3 Å². The fourth-order valence-electron chi connectivity index (χ4n) is 9.73. The Morgan fingerprint density at radius 3 is 1.33 bits per heavy atom. The third-order valence-corrected chi connectivity index (χ3v) is 14.2. The van der Waals surface area contributed by atoms with Gasteiger partial charge in [-0.15, -0.1) is 15.3 Å². The number of halogens is 3. The lowest BCUT2D eigenvalue weighted by molar-refractivity contribution is -0.271. The van der Waals surface area contributed by atoms with Gasteiger partial charge in [0.05, 0.1) is 69.0 Å². The first-order valence-corrected chi connectivity index (χ1v) is 27.2. The van der Waals surface area contributed by atoms with Gasteiger partial charge in [-0.2, -0.15) is 13.2 Å². The number of methoxy groups -OCH3 is 2. The van der Waals surface area contributed by atoms with Crippen LogP contribution in [0.4, 0.5) is 13.2 Å². The molecule has 3 amide bonds. The van der Waals surface area contributed by atoms with Crippen molar-refractivity contribution in [2.24, 2.45) is 0 Å². The number of amides is 3. The highest BCUT2D eigenvalue weighted by Gasteiger charge is 2.64. The van der Waals surface area contributed by atoms with Crippen molar-refractivity contribution < 1.29 is 51.2 Å². The van der Waals surface area contributed by atoms with Crippen molar-refractivity contribution in [3.8, 4) is 23.5 Å². The van der Waals surface area contributed by atoms with Gasteiger partial charge in [-0.05, 0) is 23.6 Å². The molecule has 0 bridgehead atoms. The van der Waals surface area contributed by atoms with E-state index < -0.39 is 17.7 Å². The molecular formula is C62H64F3N13O8. The maximum absolute atomic E-state index is 14.2. The summed E-state index contributed by atoms with van der Waals surface area (Å²) in [7, 11) is 2.38. The number of aromatic nitrogens is 10. The van der Waals surface area contributed by atoms with Gasteiger partial charge in [0.2, 0.25) is 23.5 Å². The first-order chi connectivity index (χ1) is 41.3. The van der Waals surface area contributed by atoms with Crippen molar-refractivity contribution in [1.29, 1.82) is 0 Å². The van der Waals surface area contributed by atoms with Crippen molar-refractivity contribution in [2.45, 2.75) is 85.2 Å². The molecule has 5 aromatic heterocycles. The summed E-state index contributed by atoms with van der Waals surface area (Å²) in [6.07, 6.45) is 1.19. The van der Waals surface area contributed by atoms with E-state index in [2.05, 4.69) is 35.2 Å². The first-order valence-electron chi connectivity index (χ1n) is 27.2. The fourth-order valence-corrected chi connectivity index (χ4v) is 9.73. The zero-order valence-corrected chi connectivity index (χ0v) is 46.8. The van der Waals surface area contributed by atoms with Gasteiger partial charge in [0, 0.05) is 75.3 Å². The largest absolute Gasteiger partial charge is 0.479 e. The second kappa shape index (κ2) is 27.6. The van der Waals surface area contributed by atoms with Crippen molar-refractivity contribution in [2.75, 3.05) is 33.9 Å². The molecule has 24 heteroatoms. The highest BCUT2D eigenvalue weighted by molar-refractivity contribution is 5.94. The standard InChI is InChI=1S/C23H22F3N3O3.C19H19N5O3.C19H19N5O2.CH4/c1-31-22(23(24,25)26,18-10-6-3-7-11-18)21(30)28-12-13-29-19(15-28)14-20(27-29)32-16-17-8-4-2-5-9-17;1-26-18-17(20-7-8-21-18)19(25)23-9-10-24-15(12-23)11-16(22-24)27-13-14-5-3-2-4-6-14;1-14-20-10-16(11-21-14)19(25)23-7-8-24-17(12-23)9-18(22-24)26-13-15-5-3-2-4-6-15;/h2-11,14H,12-13,15-16H2,1H3;2-8,11H,9-10,12-13H2,1H3;2-6,9-11H,7-8,12-13H2,1H3;1H4/t22-;;;/m0.../s1. The molecule has 0 saturated carbocycles. The topological polar surface area (TPSA) is 212 Å². The molecule has 8 heterocycles. The van der Waals surface area contributed by atoms with Gasteiger partial charge < -0.3 is 38.4 Å². The third kappa shape index (κ3) is 14.2. The Bertz CT molecular complexity index is 3690. The Morgan fingerprint density at radius 1 is 0.512 bits per heavy atom. The van der Waals surface area contributed by atoms with E-state index in [9.17, 15) is 27.6 Å². The molecule has 0 aliphatic carbocycles. The van der Waals surface area contributed by atoms with Crippen LogP contribution in [0.1, 0.15) is 73.4 Å². The van der Waals surface area contributed by atoms with E-state index in [4.69, 9.17) is 23.7 Å². The van der Waals surface area contributed by atoms with Crippen LogP contribution in [0.25, 0.3) is 0 Å². The number of carbonyl (C=O) groups is 3. The van der Waals surface area contributed by atoms with Gasteiger partial charge in [-0.25, -0.2) is 19.9 Å². The molecule has 0 spiro atoms. The number of hydrogen-bond acceptors (Lipinski definition) is 15. The molecule has 3 aliphatic heterocycles. The van der Waals surface area contributed by atoms with E-state index in [-0.39, 0.29) is 56.0 Å². The Labute approximate surface area is 494 Å². The van der Waals surface area contributed by atoms with Crippen LogP contribution in [0, 0.1) is 6.92 Å². The molecule has 4 aromatic carbocycles. The zero-order chi connectivity index (χ0) is 59.3. The maximum Gasteiger partial charge on any atom is 0.430 e. The SMILES string of the molecule is C.CO[C@](C(=O)N1CCn2nc(OCc3ccccc3)cc2C1)(c1ccccc1)C(F)(F)F.COc1nccnc1C(=O)N1CCn2nc(OCc3ccccc3)cc2C1.Cc1ncc(C(=O)N2CCn3nc(OCc4ccccc4)cc3C2)cn1.